The van der Waals surface area contributed by atoms with Crippen molar-refractivity contribution in [2.45, 2.75) is 58.5 Å². The molecule has 1 atom stereocenters. The van der Waals surface area contributed by atoms with Gasteiger partial charge in [-0.1, -0.05) is 19.8 Å². The highest BCUT2D eigenvalue weighted by molar-refractivity contribution is 5.93. The van der Waals surface area contributed by atoms with Crippen molar-refractivity contribution in [1.29, 1.82) is 0 Å². The zero-order chi connectivity index (χ0) is 20.7. The van der Waals surface area contributed by atoms with Crippen molar-refractivity contribution in [2.75, 3.05) is 38.0 Å². The van der Waals surface area contributed by atoms with Gasteiger partial charge < -0.3 is 19.9 Å². The van der Waals surface area contributed by atoms with Gasteiger partial charge in [-0.3, -0.25) is 9.59 Å². The summed E-state index contributed by atoms with van der Waals surface area (Å²) in [7, 11) is 5.51. The number of carbonyl (C=O) groups excluding carboxylic acids is 2. The van der Waals surface area contributed by atoms with Crippen molar-refractivity contribution in [1.82, 2.24) is 4.90 Å². The molecule has 0 heterocycles. The molecule has 1 fully saturated rings. The number of nitrogens with one attached hydrogen (secondary N) is 1. The zero-order valence-electron chi connectivity index (χ0n) is 18.0. The third-order valence-electron chi connectivity index (χ3n) is 5.61. The average molecular weight is 390 g/mol. The summed E-state index contributed by atoms with van der Waals surface area (Å²) >= 11 is 0. The molecule has 0 unspecified atom stereocenters. The molecule has 28 heavy (non-hydrogen) atoms. The molecule has 2 rings (SSSR count). The first-order valence-electron chi connectivity index (χ1n) is 10.3. The maximum absolute atomic E-state index is 12.6. The number of benzene rings is 1. The highest BCUT2D eigenvalue weighted by atomic mass is 16.5. The van der Waals surface area contributed by atoms with E-state index >= 15 is 0 Å². The SMILES string of the molecule is CC[C@@H](C)N(Cc1cc(NC(=O)C2CCCC2)ccc1N(C)C)C(=O)COC. The number of amides is 2. The molecule has 0 aliphatic heterocycles. The van der Waals surface area contributed by atoms with Crippen LogP contribution in [0, 0.1) is 5.92 Å². The zero-order valence-corrected chi connectivity index (χ0v) is 18.0. The Kier molecular flexibility index (Phi) is 8.30. The summed E-state index contributed by atoms with van der Waals surface area (Å²) in [5.41, 5.74) is 2.84. The second kappa shape index (κ2) is 10.5. The minimum Gasteiger partial charge on any atom is -0.377 e. The maximum atomic E-state index is 12.6. The van der Waals surface area contributed by atoms with E-state index in [4.69, 9.17) is 4.74 Å². The quantitative estimate of drug-likeness (QED) is 0.700. The van der Waals surface area contributed by atoms with Gasteiger partial charge in [-0.2, -0.15) is 0 Å². The number of nitrogens with zero attached hydrogens (tertiary/aromatic N) is 2. The monoisotopic (exact) mass is 389 g/mol. The lowest BCUT2D eigenvalue weighted by Gasteiger charge is -2.30. The molecular formula is C22H35N3O3. The van der Waals surface area contributed by atoms with Gasteiger partial charge in [-0.15, -0.1) is 0 Å². The summed E-state index contributed by atoms with van der Waals surface area (Å²) in [5.74, 6) is 0.203. The van der Waals surface area contributed by atoms with E-state index in [1.54, 1.807) is 0 Å². The minimum absolute atomic E-state index is 0.0260. The largest absolute Gasteiger partial charge is 0.377 e. The molecule has 1 saturated carbocycles. The van der Waals surface area contributed by atoms with Crippen molar-refractivity contribution in [3.05, 3.63) is 23.8 Å². The van der Waals surface area contributed by atoms with E-state index in [2.05, 4.69) is 19.2 Å². The van der Waals surface area contributed by atoms with Gasteiger partial charge in [0.15, 0.2) is 0 Å². The summed E-state index contributed by atoms with van der Waals surface area (Å²) in [6, 6.07) is 6.05. The van der Waals surface area contributed by atoms with Crippen molar-refractivity contribution >= 4 is 23.2 Å². The first-order valence-corrected chi connectivity index (χ1v) is 10.3. The third-order valence-corrected chi connectivity index (χ3v) is 5.61. The van der Waals surface area contributed by atoms with Crippen LogP contribution in [0.1, 0.15) is 51.5 Å². The summed E-state index contributed by atoms with van der Waals surface area (Å²) < 4.78 is 5.07. The smallest absolute Gasteiger partial charge is 0.249 e. The second-order valence-electron chi connectivity index (χ2n) is 7.92. The lowest BCUT2D eigenvalue weighted by Crippen LogP contribution is -2.40. The van der Waals surface area contributed by atoms with Gasteiger partial charge in [0.05, 0.1) is 0 Å². The van der Waals surface area contributed by atoms with Crippen LogP contribution in [0.4, 0.5) is 11.4 Å². The highest BCUT2D eigenvalue weighted by Crippen LogP contribution is 2.28. The lowest BCUT2D eigenvalue weighted by atomic mass is 10.1. The van der Waals surface area contributed by atoms with Crippen molar-refractivity contribution in [2.24, 2.45) is 5.92 Å². The number of ether oxygens (including phenoxy) is 1. The van der Waals surface area contributed by atoms with Gasteiger partial charge in [0.1, 0.15) is 6.61 Å². The Morgan fingerprint density at radius 2 is 1.93 bits per heavy atom. The molecule has 0 aromatic heterocycles. The molecule has 2 amide bonds. The van der Waals surface area contributed by atoms with Crippen molar-refractivity contribution in [3.63, 3.8) is 0 Å². The summed E-state index contributed by atoms with van der Waals surface area (Å²) in [4.78, 5) is 29.0. The molecule has 0 spiro atoms. The van der Waals surface area contributed by atoms with Crippen LogP contribution in [0.15, 0.2) is 18.2 Å². The Balaban J connectivity index is 2.25. The van der Waals surface area contributed by atoms with Gasteiger partial charge in [0.25, 0.3) is 0 Å². The van der Waals surface area contributed by atoms with Crippen molar-refractivity contribution < 1.29 is 14.3 Å². The molecule has 6 heteroatoms. The molecule has 0 bridgehead atoms. The van der Waals surface area contributed by atoms with Gasteiger partial charge >= 0.3 is 0 Å². The van der Waals surface area contributed by atoms with Crippen LogP contribution in [0.3, 0.4) is 0 Å². The van der Waals surface area contributed by atoms with Gasteiger partial charge in [0.2, 0.25) is 11.8 Å². The van der Waals surface area contributed by atoms with Crippen LogP contribution in [-0.4, -0.2) is 50.6 Å². The maximum Gasteiger partial charge on any atom is 0.249 e. The molecule has 0 radical (unpaired) electrons. The first-order chi connectivity index (χ1) is 13.4. The number of hydrogen-bond acceptors (Lipinski definition) is 4. The molecule has 1 aromatic carbocycles. The fourth-order valence-corrected chi connectivity index (χ4v) is 3.76. The normalized spacial score (nSPS) is 15.3. The molecular weight excluding hydrogens is 354 g/mol. The first kappa shape index (κ1) is 22.2. The fraction of sp³-hybridized carbons (Fsp3) is 0.636. The standard InChI is InChI=1S/C22H35N3O3/c1-6-16(2)25(21(26)15-28-5)14-18-13-19(11-12-20(18)24(3)4)23-22(27)17-9-7-8-10-17/h11-13,16-17H,6-10,14-15H2,1-5H3,(H,23,27)/t16-/m1/s1. The van der Waals surface area contributed by atoms with Crippen LogP contribution in [0.25, 0.3) is 0 Å². The Morgan fingerprint density at radius 3 is 2.50 bits per heavy atom. The van der Waals surface area contributed by atoms with E-state index < -0.39 is 0 Å². The predicted octanol–water partition coefficient (Wildman–Crippen LogP) is 3.65. The van der Waals surface area contributed by atoms with E-state index in [1.165, 1.54) is 7.11 Å². The molecule has 6 nitrogen and oxygen atoms in total. The Hall–Kier alpha value is -2.08. The fourth-order valence-electron chi connectivity index (χ4n) is 3.76. The molecule has 1 aromatic rings. The lowest BCUT2D eigenvalue weighted by molar-refractivity contribution is -0.138. The van der Waals surface area contributed by atoms with Gasteiger partial charge in [-0.25, -0.2) is 0 Å². The Labute approximate surface area is 169 Å². The molecule has 0 saturated heterocycles. The van der Waals surface area contributed by atoms with Gasteiger partial charge in [0, 0.05) is 51.1 Å². The van der Waals surface area contributed by atoms with E-state index in [0.717, 1.165) is 49.0 Å². The molecule has 156 valence electrons. The van der Waals surface area contributed by atoms with Crippen LogP contribution in [0.5, 0.6) is 0 Å². The Bertz CT molecular complexity index is 669. The topological polar surface area (TPSA) is 61.9 Å². The second-order valence-corrected chi connectivity index (χ2v) is 7.92. The van der Waals surface area contributed by atoms with Crippen molar-refractivity contribution in [3.8, 4) is 0 Å². The number of hydrogen-bond donors (Lipinski definition) is 1. The number of carbonyl (C=O) groups is 2. The number of methoxy groups -OCH3 is 1. The van der Waals surface area contributed by atoms with Gasteiger partial charge in [-0.05, 0) is 49.9 Å². The molecule has 1 aliphatic rings. The van der Waals surface area contributed by atoms with Crippen LogP contribution < -0.4 is 10.2 Å². The van der Waals surface area contributed by atoms with Crippen LogP contribution in [0.2, 0.25) is 0 Å². The van der Waals surface area contributed by atoms with Crippen LogP contribution >= 0.6 is 0 Å². The molecule has 1 N–H and O–H groups in total. The summed E-state index contributed by atoms with van der Waals surface area (Å²) in [6.45, 7) is 4.68. The Morgan fingerprint density at radius 1 is 1.25 bits per heavy atom. The summed E-state index contributed by atoms with van der Waals surface area (Å²) in [6.07, 6.45) is 5.08. The molecule has 1 aliphatic carbocycles. The predicted molar refractivity (Wildman–Crippen MR) is 114 cm³/mol. The third kappa shape index (κ3) is 5.71. The summed E-state index contributed by atoms with van der Waals surface area (Å²) in [5, 5.41) is 3.08. The van der Waals surface area contributed by atoms with E-state index in [9.17, 15) is 9.59 Å². The van der Waals surface area contributed by atoms with E-state index in [0.29, 0.717) is 6.54 Å². The average Bonchev–Trinajstić information content (AvgIpc) is 3.20. The van der Waals surface area contributed by atoms with E-state index in [-0.39, 0.29) is 30.4 Å². The number of anilines is 2. The number of rotatable bonds is 9. The highest BCUT2D eigenvalue weighted by Gasteiger charge is 2.24. The minimum atomic E-state index is -0.0260. The van der Waals surface area contributed by atoms with E-state index in [1.807, 2.05) is 42.1 Å². The van der Waals surface area contributed by atoms with Crippen LogP contribution in [-0.2, 0) is 20.9 Å².